The van der Waals surface area contributed by atoms with Crippen LogP contribution in [0.5, 0.6) is 0 Å². The van der Waals surface area contributed by atoms with Gasteiger partial charge in [-0.15, -0.1) is 0 Å². The molecule has 0 radical (unpaired) electrons. The molecule has 1 nitrogen and oxygen atoms in total. The monoisotopic (exact) mass is 224 g/mol. The van der Waals surface area contributed by atoms with Crippen LogP contribution in [0.15, 0.2) is 0 Å². The van der Waals surface area contributed by atoms with Crippen molar-refractivity contribution in [2.45, 2.75) is 71.8 Å². The summed E-state index contributed by atoms with van der Waals surface area (Å²) in [6, 6.07) is 0. The molecule has 0 spiro atoms. The molecule has 3 atom stereocenters. The van der Waals surface area contributed by atoms with Crippen molar-refractivity contribution in [3.63, 3.8) is 0 Å². The Balaban J connectivity index is 2.01. The third kappa shape index (κ3) is 2.45. The van der Waals surface area contributed by atoms with Gasteiger partial charge in [0.1, 0.15) is 0 Å². The minimum absolute atomic E-state index is 0.0904. The van der Waals surface area contributed by atoms with Gasteiger partial charge in [-0.25, -0.2) is 0 Å². The normalized spacial score (nSPS) is 40.9. The van der Waals surface area contributed by atoms with E-state index in [2.05, 4.69) is 20.8 Å². The van der Waals surface area contributed by atoms with Gasteiger partial charge in [0.2, 0.25) is 0 Å². The molecule has 2 rings (SSSR count). The molecule has 0 aromatic carbocycles. The van der Waals surface area contributed by atoms with Crippen LogP contribution >= 0.6 is 0 Å². The van der Waals surface area contributed by atoms with Crippen LogP contribution in [0.1, 0.15) is 65.7 Å². The van der Waals surface area contributed by atoms with Crippen LogP contribution in [0.25, 0.3) is 0 Å². The van der Waals surface area contributed by atoms with Gasteiger partial charge in [-0.3, -0.25) is 0 Å². The van der Waals surface area contributed by atoms with Crippen molar-refractivity contribution in [2.24, 2.45) is 23.2 Å². The quantitative estimate of drug-likeness (QED) is 0.714. The lowest BCUT2D eigenvalue weighted by molar-refractivity contribution is -0.0600. The smallest absolute Gasteiger partial charge is 0.0616 e. The van der Waals surface area contributed by atoms with Gasteiger partial charge in [-0.2, -0.15) is 0 Å². The van der Waals surface area contributed by atoms with E-state index in [1.807, 2.05) is 0 Å². The molecule has 0 bridgehead atoms. The standard InChI is InChI=1S/C15H28O/c1-11-9-13(10-15(2,3)14(11)16)12-7-5-4-6-8-12/h11-14,16H,4-10H2,1-3H3. The molecule has 0 saturated heterocycles. The first-order valence-electron chi connectivity index (χ1n) is 7.19. The molecule has 2 aliphatic carbocycles. The molecule has 0 heterocycles. The summed E-state index contributed by atoms with van der Waals surface area (Å²) in [4.78, 5) is 0. The molecular weight excluding hydrogens is 196 g/mol. The third-order valence-corrected chi connectivity index (χ3v) is 5.12. The highest BCUT2D eigenvalue weighted by molar-refractivity contribution is 4.92. The van der Waals surface area contributed by atoms with Gasteiger partial charge in [0.05, 0.1) is 6.10 Å². The highest BCUT2D eigenvalue weighted by atomic mass is 16.3. The average Bonchev–Trinajstić information content (AvgIpc) is 2.26. The van der Waals surface area contributed by atoms with Gasteiger partial charge in [0.15, 0.2) is 0 Å². The first kappa shape index (κ1) is 12.4. The van der Waals surface area contributed by atoms with Gasteiger partial charge in [-0.05, 0) is 36.0 Å². The lowest BCUT2D eigenvalue weighted by atomic mass is 9.61. The van der Waals surface area contributed by atoms with E-state index in [1.54, 1.807) is 0 Å². The summed E-state index contributed by atoms with van der Waals surface area (Å²) in [6.45, 7) is 6.74. The maximum atomic E-state index is 10.2. The Morgan fingerprint density at radius 3 is 2.19 bits per heavy atom. The maximum Gasteiger partial charge on any atom is 0.0616 e. The van der Waals surface area contributed by atoms with Crippen molar-refractivity contribution in [1.29, 1.82) is 0 Å². The van der Waals surface area contributed by atoms with Crippen molar-refractivity contribution in [3.8, 4) is 0 Å². The highest BCUT2D eigenvalue weighted by Gasteiger charge is 2.42. The Bertz CT molecular complexity index is 228. The van der Waals surface area contributed by atoms with Crippen molar-refractivity contribution in [2.75, 3.05) is 0 Å². The minimum Gasteiger partial charge on any atom is -0.392 e. The summed E-state index contributed by atoms with van der Waals surface area (Å²) < 4.78 is 0. The Labute approximate surface area is 101 Å². The van der Waals surface area contributed by atoms with Gasteiger partial charge < -0.3 is 5.11 Å². The van der Waals surface area contributed by atoms with E-state index in [0.717, 1.165) is 11.8 Å². The highest BCUT2D eigenvalue weighted by Crippen LogP contribution is 2.47. The van der Waals surface area contributed by atoms with Gasteiger partial charge in [0, 0.05) is 0 Å². The fourth-order valence-corrected chi connectivity index (χ4v) is 4.22. The lowest BCUT2D eigenvalue weighted by Gasteiger charge is -2.46. The fraction of sp³-hybridized carbons (Fsp3) is 1.00. The van der Waals surface area contributed by atoms with E-state index >= 15 is 0 Å². The van der Waals surface area contributed by atoms with E-state index in [-0.39, 0.29) is 11.5 Å². The van der Waals surface area contributed by atoms with Gasteiger partial charge in [0.25, 0.3) is 0 Å². The maximum absolute atomic E-state index is 10.2. The van der Waals surface area contributed by atoms with Crippen LogP contribution in [0.3, 0.4) is 0 Å². The lowest BCUT2D eigenvalue weighted by Crippen LogP contribution is -2.43. The number of hydrogen-bond donors (Lipinski definition) is 1. The zero-order chi connectivity index (χ0) is 11.8. The summed E-state index contributed by atoms with van der Waals surface area (Å²) in [5, 5.41) is 10.2. The number of hydrogen-bond acceptors (Lipinski definition) is 1. The second-order valence-corrected chi connectivity index (χ2v) is 7.01. The molecule has 2 aliphatic rings. The zero-order valence-corrected chi connectivity index (χ0v) is 11.2. The van der Waals surface area contributed by atoms with E-state index in [9.17, 15) is 5.11 Å². The molecule has 1 heteroatoms. The Kier molecular flexibility index (Phi) is 3.63. The molecule has 3 unspecified atom stereocenters. The first-order valence-corrected chi connectivity index (χ1v) is 7.19. The van der Waals surface area contributed by atoms with Gasteiger partial charge in [-0.1, -0.05) is 52.9 Å². The van der Waals surface area contributed by atoms with Crippen molar-refractivity contribution in [1.82, 2.24) is 0 Å². The zero-order valence-electron chi connectivity index (χ0n) is 11.2. The summed E-state index contributed by atoms with van der Waals surface area (Å²) >= 11 is 0. The summed E-state index contributed by atoms with van der Waals surface area (Å²) in [5.41, 5.74) is 0.139. The van der Waals surface area contributed by atoms with Crippen molar-refractivity contribution in [3.05, 3.63) is 0 Å². The molecule has 0 aromatic rings. The summed E-state index contributed by atoms with van der Waals surface area (Å²) in [6.07, 6.45) is 9.64. The van der Waals surface area contributed by atoms with Crippen LogP contribution < -0.4 is 0 Å². The van der Waals surface area contributed by atoms with Crippen LogP contribution in [0.2, 0.25) is 0 Å². The van der Waals surface area contributed by atoms with Gasteiger partial charge >= 0.3 is 0 Å². The molecule has 0 aliphatic heterocycles. The van der Waals surface area contributed by atoms with Crippen LogP contribution in [0, 0.1) is 23.2 Å². The number of aliphatic hydroxyl groups excluding tert-OH is 1. The van der Waals surface area contributed by atoms with Crippen LogP contribution in [-0.4, -0.2) is 11.2 Å². The summed E-state index contributed by atoms with van der Waals surface area (Å²) in [5.74, 6) is 2.34. The SMILES string of the molecule is CC1CC(C2CCCCC2)CC(C)(C)C1O. The first-order chi connectivity index (χ1) is 7.50. The van der Waals surface area contributed by atoms with E-state index in [4.69, 9.17) is 0 Å². The second-order valence-electron chi connectivity index (χ2n) is 7.01. The Hall–Kier alpha value is -0.0400. The summed E-state index contributed by atoms with van der Waals surface area (Å²) in [7, 11) is 0. The Morgan fingerprint density at radius 1 is 1.00 bits per heavy atom. The molecule has 0 aromatic heterocycles. The predicted octanol–water partition coefficient (Wildman–Crippen LogP) is 4.00. The van der Waals surface area contributed by atoms with Crippen molar-refractivity contribution >= 4 is 0 Å². The molecule has 2 fully saturated rings. The molecular formula is C15H28O. The minimum atomic E-state index is -0.0904. The second kappa shape index (κ2) is 4.68. The fourth-order valence-electron chi connectivity index (χ4n) is 4.22. The largest absolute Gasteiger partial charge is 0.392 e. The number of aliphatic hydroxyl groups is 1. The molecule has 0 amide bonds. The van der Waals surface area contributed by atoms with Crippen LogP contribution in [-0.2, 0) is 0 Å². The predicted molar refractivity (Wildman–Crippen MR) is 68.3 cm³/mol. The molecule has 2 saturated carbocycles. The molecule has 94 valence electrons. The molecule has 1 N–H and O–H groups in total. The van der Waals surface area contributed by atoms with Crippen LogP contribution in [0.4, 0.5) is 0 Å². The van der Waals surface area contributed by atoms with E-state index < -0.39 is 0 Å². The molecule has 16 heavy (non-hydrogen) atoms. The van der Waals surface area contributed by atoms with E-state index in [0.29, 0.717) is 5.92 Å². The topological polar surface area (TPSA) is 20.2 Å². The average molecular weight is 224 g/mol. The number of rotatable bonds is 1. The van der Waals surface area contributed by atoms with Crippen molar-refractivity contribution < 1.29 is 5.11 Å². The Morgan fingerprint density at radius 2 is 1.62 bits per heavy atom. The third-order valence-electron chi connectivity index (χ3n) is 5.12. The van der Waals surface area contributed by atoms with E-state index in [1.165, 1.54) is 44.9 Å².